The maximum atomic E-state index is 10.6. The summed E-state index contributed by atoms with van der Waals surface area (Å²) < 4.78 is 1.19. The van der Waals surface area contributed by atoms with E-state index in [1.54, 1.807) is 0 Å². The van der Waals surface area contributed by atoms with Crippen LogP contribution in [-0.2, 0) is 0 Å². The Morgan fingerprint density at radius 1 is 1.36 bits per heavy atom. The minimum Gasteiger partial charge on any atom is -0.350 e. The highest BCUT2D eigenvalue weighted by Gasteiger charge is 2.17. The molecule has 0 spiro atoms. The monoisotopic (exact) mass is 175 g/mol. The van der Waals surface area contributed by atoms with Crippen molar-refractivity contribution in [2.45, 2.75) is 19.3 Å². The molecular weight excluding hydrogens is 162 g/mol. The van der Waals surface area contributed by atoms with Crippen LogP contribution >= 0.6 is 12.8 Å². The second-order valence-corrected chi connectivity index (χ2v) is 3.02. The largest absolute Gasteiger partial charge is 0.350 e. The zero-order chi connectivity index (χ0) is 8.27. The molecule has 4 nitrogen and oxygen atoms in total. The van der Waals surface area contributed by atoms with Gasteiger partial charge in [0.15, 0.2) is 0 Å². The van der Waals surface area contributed by atoms with E-state index >= 15 is 0 Å². The van der Waals surface area contributed by atoms with Crippen molar-refractivity contribution in [3.63, 3.8) is 0 Å². The fourth-order valence-electron chi connectivity index (χ4n) is 1.21. The predicted molar refractivity (Wildman–Crippen MR) is 45.8 cm³/mol. The Hall–Kier alpha value is -0.420. The molecule has 0 radical (unpaired) electrons. The molecule has 0 atom stereocenters. The van der Waals surface area contributed by atoms with Crippen LogP contribution in [0.2, 0.25) is 0 Å². The molecule has 0 aromatic heterocycles. The quantitative estimate of drug-likeness (QED) is 0.574. The van der Waals surface area contributed by atoms with Gasteiger partial charge in [-0.1, -0.05) is 6.42 Å². The molecule has 0 unspecified atom stereocenters. The van der Waals surface area contributed by atoms with Crippen LogP contribution in [0.15, 0.2) is 0 Å². The first kappa shape index (κ1) is 8.67. The van der Waals surface area contributed by atoms with Crippen LogP contribution < -0.4 is 5.73 Å². The molecule has 5 heteroatoms. The Morgan fingerprint density at radius 3 is 2.36 bits per heavy atom. The smallest absolute Gasteiger partial charge is 0.339 e. The van der Waals surface area contributed by atoms with E-state index in [9.17, 15) is 4.79 Å². The van der Waals surface area contributed by atoms with Gasteiger partial charge in [-0.3, -0.25) is 0 Å². The molecule has 0 aliphatic carbocycles. The Morgan fingerprint density at radius 2 is 1.91 bits per heavy atom. The molecule has 0 saturated carbocycles. The molecule has 0 aromatic carbocycles. The van der Waals surface area contributed by atoms with Gasteiger partial charge in [0, 0.05) is 13.1 Å². The molecule has 64 valence electrons. The number of nitrogens with zero attached hydrogens (tertiary/aromatic N) is 2. The molecule has 0 aromatic rings. The minimum absolute atomic E-state index is 0.504. The molecule has 11 heavy (non-hydrogen) atoms. The Labute approximate surface area is 71.8 Å². The number of nitrogens with two attached hydrogens (primary N) is 1. The molecule has 1 saturated heterocycles. The van der Waals surface area contributed by atoms with E-state index in [1.165, 1.54) is 10.8 Å². The van der Waals surface area contributed by atoms with Crippen molar-refractivity contribution < 1.29 is 4.79 Å². The van der Waals surface area contributed by atoms with Crippen molar-refractivity contribution in [3.8, 4) is 0 Å². The molecule has 1 fully saturated rings. The van der Waals surface area contributed by atoms with Crippen molar-refractivity contribution in [1.29, 1.82) is 0 Å². The Kier molecular flexibility index (Phi) is 3.02. The van der Waals surface area contributed by atoms with Crippen LogP contribution in [0.3, 0.4) is 0 Å². The van der Waals surface area contributed by atoms with Gasteiger partial charge in [-0.15, -0.1) is 0 Å². The predicted octanol–water partition coefficient (Wildman–Crippen LogP) is 0.613. The lowest BCUT2D eigenvalue weighted by Crippen LogP contribution is -2.45. The molecule has 2 amide bonds. The molecule has 1 heterocycles. The van der Waals surface area contributed by atoms with Gasteiger partial charge in [-0.05, 0) is 25.7 Å². The maximum absolute atomic E-state index is 10.6. The number of hydrazine groups is 1. The SMILES string of the molecule is NC(=O)N(S)N1CCCCC1. The van der Waals surface area contributed by atoms with E-state index in [-0.39, 0.29) is 0 Å². The second kappa shape index (κ2) is 3.82. The lowest BCUT2D eigenvalue weighted by molar-refractivity contribution is 0.0803. The molecule has 2 N–H and O–H groups in total. The van der Waals surface area contributed by atoms with Gasteiger partial charge in [0.1, 0.15) is 0 Å². The van der Waals surface area contributed by atoms with Gasteiger partial charge in [0.05, 0.1) is 0 Å². The number of hydrogen-bond donors (Lipinski definition) is 2. The van der Waals surface area contributed by atoms with E-state index in [4.69, 9.17) is 5.73 Å². The van der Waals surface area contributed by atoms with Gasteiger partial charge in [-0.2, -0.15) is 0 Å². The average molecular weight is 175 g/mol. The fraction of sp³-hybridized carbons (Fsp3) is 0.833. The van der Waals surface area contributed by atoms with Gasteiger partial charge in [0.2, 0.25) is 0 Å². The zero-order valence-corrected chi connectivity index (χ0v) is 7.26. The molecule has 1 aliphatic heterocycles. The number of amides is 2. The van der Waals surface area contributed by atoms with Crippen molar-refractivity contribution >= 4 is 18.8 Å². The number of piperidine rings is 1. The summed E-state index contributed by atoms with van der Waals surface area (Å²) in [5.41, 5.74) is 5.04. The number of hydrogen-bond acceptors (Lipinski definition) is 3. The number of carbonyl (C=O) groups is 1. The Bertz CT molecular complexity index is 147. The van der Waals surface area contributed by atoms with Crippen LogP contribution in [0, 0.1) is 0 Å². The normalized spacial score (nSPS) is 19.7. The lowest BCUT2D eigenvalue weighted by Gasteiger charge is -2.31. The van der Waals surface area contributed by atoms with Crippen molar-refractivity contribution in [2.75, 3.05) is 13.1 Å². The van der Waals surface area contributed by atoms with Crippen LogP contribution in [0.5, 0.6) is 0 Å². The summed E-state index contributed by atoms with van der Waals surface area (Å²) in [5.74, 6) is 0. The summed E-state index contributed by atoms with van der Waals surface area (Å²) >= 11 is 3.95. The lowest BCUT2D eigenvalue weighted by atomic mass is 10.2. The highest BCUT2D eigenvalue weighted by molar-refractivity contribution is 7.78. The third-order valence-corrected chi connectivity index (χ3v) is 2.25. The zero-order valence-electron chi connectivity index (χ0n) is 6.36. The van der Waals surface area contributed by atoms with E-state index < -0.39 is 6.03 Å². The first-order valence-corrected chi connectivity index (χ1v) is 4.15. The summed E-state index contributed by atoms with van der Waals surface area (Å²) in [6.07, 6.45) is 3.46. The van der Waals surface area contributed by atoms with Crippen LogP contribution in [0.4, 0.5) is 4.79 Å². The van der Waals surface area contributed by atoms with Gasteiger partial charge in [-0.25, -0.2) is 14.2 Å². The number of rotatable bonds is 1. The molecular formula is C6H13N3OS. The van der Waals surface area contributed by atoms with Crippen LogP contribution in [0.25, 0.3) is 0 Å². The number of urea groups is 1. The van der Waals surface area contributed by atoms with E-state index in [1.807, 2.05) is 5.01 Å². The highest BCUT2D eigenvalue weighted by Crippen LogP contribution is 2.12. The highest BCUT2D eigenvalue weighted by atomic mass is 32.1. The third-order valence-electron chi connectivity index (χ3n) is 1.80. The Balaban J connectivity index is 2.38. The first-order valence-electron chi connectivity index (χ1n) is 3.75. The van der Waals surface area contributed by atoms with Crippen molar-refractivity contribution in [2.24, 2.45) is 5.73 Å². The fourth-order valence-corrected chi connectivity index (χ4v) is 1.38. The molecule has 1 rings (SSSR count). The van der Waals surface area contributed by atoms with E-state index in [0.29, 0.717) is 0 Å². The summed E-state index contributed by atoms with van der Waals surface area (Å²) in [7, 11) is 0. The second-order valence-electron chi connectivity index (χ2n) is 2.64. The maximum Gasteiger partial charge on any atom is 0.339 e. The van der Waals surface area contributed by atoms with Crippen LogP contribution in [0.1, 0.15) is 19.3 Å². The molecule has 1 aliphatic rings. The third kappa shape index (κ3) is 2.27. The standard InChI is InChI=1S/C6H13N3OS/c7-6(10)9(11)8-4-2-1-3-5-8/h11H,1-5H2,(H2,7,10). The number of carbonyl (C=O) groups excluding carboxylic acids is 1. The van der Waals surface area contributed by atoms with Crippen molar-refractivity contribution in [1.82, 2.24) is 9.42 Å². The minimum atomic E-state index is -0.504. The van der Waals surface area contributed by atoms with Crippen LogP contribution in [-0.4, -0.2) is 28.5 Å². The van der Waals surface area contributed by atoms with Gasteiger partial charge in [0.25, 0.3) is 0 Å². The topological polar surface area (TPSA) is 49.6 Å². The van der Waals surface area contributed by atoms with Gasteiger partial charge >= 0.3 is 6.03 Å². The van der Waals surface area contributed by atoms with Gasteiger partial charge < -0.3 is 5.73 Å². The van der Waals surface area contributed by atoms with Crippen molar-refractivity contribution in [3.05, 3.63) is 0 Å². The summed E-state index contributed by atoms with van der Waals surface area (Å²) in [6.45, 7) is 1.76. The van der Waals surface area contributed by atoms with E-state index in [2.05, 4.69) is 12.8 Å². The summed E-state index contributed by atoms with van der Waals surface area (Å²) in [5, 5.41) is 1.86. The summed E-state index contributed by atoms with van der Waals surface area (Å²) in [6, 6.07) is -0.504. The first-order chi connectivity index (χ1) is 5.22. The van der Waals surface area contributed by atoms with E-state index in [0.717, 1.165) is 25.9 Å². The summed E-state index contributed by atoms with van der Waals surface area (Å²) in [4.78, 5) is 10.6. The molecule has 0 bridgehead atoms. The average Bonchev–Trinajstić information content (AvgIpc) is 2.05. The number of primary amides is 1. The number of thiol groups is 1.